The molecule has 30 heavy (non-hydrogen) atoms. The van der Waals surface area contributed by atoms with Gasteiger partial charge in [0.05, 0.1) is 5.52 Å². The number of benzene rings is 2. The van der Waals surface area contributed by atoms with Gasteiger partial charge in [0.1, 0.15) is 0 Å². The van der Waals surface area contributed by atoms with Gasteiger partial charge in [0.25, 0.3) is 0 Å². The van der Waals surface area contributed by atoms with Gasteiger partial charge in [0.2, 0.25) is 5.91 Å². The maximum absolute atomic E-state index is 12.3. The SMILES string of the molecule is O=C(CCCn1c(=O)oc2ccccc21)NC1CCN(Cc2ccc(Cl)cc2)CC1. The van der Waals surface area contributed by atoms with Crippen molar-refractivity contribution in [2.24, 2.45) is 0 Å². The van der Waals surface area contributed by atoms with Crippen LogP contribution in [0.3, 0.4) is 0 Å². The molecule has 2 heterocycles. The molecule has 0 spiro atoms. The van der Waals surface area contributed by atoms with E-state index >= 15 is 0 Å². The largest absolute Gasteiger partial charge is 0.419 e. The minimum Gasteiger partial charge on any atom is -0.408 e. The molecule has 6 nitrogen and oxygen atoms in total. The summed E-state index contributed by atoms with van der Waals surface area (Å²) >= 11 is 5.95. The second kappa shape index (κ2) is 9.49. The second-order valence-electron chi connectivity index (χ2n) is 7.84. The molecule has 1 aliphatic heterocycles. The number of carbonyl (C=O) groups is 1. The maximum atomic E-state index is 12.3. The predicted octanol–water partition coefficient (Wildman–Crippen LogP) is 3.81. The summed E-state index contributed by atoms with van der Waals surface area (Å²) < 4.78 is 6.83. The Kier molecular flexibility index (Phi) is 6.55. The van der Waals surface area contributed by atoms with E-state index in [-0.39, 0.29) is 17.7 Å². The molecule has 0 atom stereocenters. The van der Waals surface area contributed by atoms with Crippen molar-refractivity contribution in [2.45, 2.75) is 44.8 Å². The highest BCUT2D eigenvalue weighted by Crippen LogP contribution is 2.16. The fourth-order valence-electron chi connectivity index (χ4n) is 4.01. The average Bonchev–Trinajstić information content (AvgIpc) is 3.06. The first-order valence-corrected chi connectivity index (χ1v) is 10.8. The molecule has 1 saturated heterocycles. The molecule has 7 heteroatoms. The molecule has 0 aliphatic carbocycles. The first-order valence-electron chi connectivity index (χ1n) is 10.4. The van der Waals surface area contributed by atoms with Gasteiger partial charge in [-0.25, -0.2) is 4.79 Å². The number of hydrogen-bond acceptors (Lipinski definition) is 4. The van der Waals surface area contributed by atoms with E-state index in [1.54, 1.807) is 10.6 Å². The van der Waals surface area contributed by atoms with Crippen molar-refractivity contribution >= 4 is 28.6 Å². The Morgan fingerprint density at radius 1 is 1.10 bits per heavy atom. The van der Waals surface area contributed by atoms with Gasteiger partial charge in [-0.1, -0.05) is 35.9 Å². The highest BCUT2D eigenvalue weighted by Gasteiger charge is 2.20. The predicted molar refractivity (Wildman–Crippen MR) is 118 cm³/mol. The highest BCUT2D eigenvalue weighted by atomic mass is 35.5. The molecule has 0 radical (unpaired) electrons. The smallest absolute Gasteiger partial charge is 0.408 e. The molecular formula is C23H26ClN3O3. The number of likely N-dealkylation sites (tertiary alicyclic amines) is 1. The normalized spacial score (nSPS) is 15.5. The molecule has 0 saturated carbocycles. The number of hydrogen-bond donors (Lipinski definition) is 1. The number of fused-ring (bicyclic) bond motifs is 1. The summed E-state index contributed by atoms with van der Waals surface area (Å²) in [5.74, 6) is -0.323. The van der Waals surface area contributed by atoms with Crippen molar-refractivity contribution in [1.82, 2.24) is 14.8 Å². The van der Waals surface area contributed by atoms with Crippen LogP contribution in [0.15, 0.2) is 57.7 Å². The standard InChI is InChI=1S/C23H26ClN3O3/c24-18-9-7-17(8-10-18)16-26-14-11-19(12-15-26)25-22(28)6-3-13-27-20-4-1-2-5-21(20)30-23(27)29/h1-2,4-5,7-10,19H,3,6,11-16H2,(H,25,28). The third-order valence-electron chi connectivity index (χ3n) is 5.63. The summed E-state index contributed by atoms with van der Waals surface area (Å²) in [6.07, 6.45) is 2.90. The summed E-state index contributed by atoms with van der Waals surface area (Å²) in [4.78, 5) is 26.7. The van der Waals surface area contributed by atoms with E-state index in [2.05, 4.69) is 22.3 Å². The van der Waals surface area contributed by atoms with Crippen LogP contribution in [0.5, 0.6) is 0 Å². The van der Waals surface area contributed by atoms with Gasteiger partial charge in [-0.2, -0.15) is 0 Å². The van der Waals surface area contributed by atoms with Crippen LogP contribution >= 0.6 is 11.6 Å². The van der Waals surface area contributed by atoms with Crippen molar-refractivity contribution in [3.63, 3.8) is 0 Å². The van der Waals surface area contributed by atoms with Gasteiger partial charge in [0, 0.05) is 43.7 Å². The quantitative estimate of drug-likeness (QED) is 0.622. The lowest BCUT2D eigenvalue weighted by atomic mass is 10.0. The number of carbonyl (C=O) groups excluding carboxylic acids is 1. The summed E-state index contributed by atoms with van der Waals surface area (Å²) in [5, 5.41) is 3.90. The number of aryl methyl sites for hydroxylation is 1. The summed E-state index contributed by atoms with van der Waals surface area (Å²) in [6, 6.07) is 15.5. The molecule has 4 rings (SSSR count). The number of aromatic nitrogens is 1. The molecule has 1 aromatic heterocycles. The topological polar surface area (TPSA) is 67.5 Å². The molecule has 3 aromatic rings. The number of piperidine rings is 1. The van der Waals surface area contributed by atoms with E-state index in [1.165, 1.54) is 5.56 Å². The number of nitrogens with zero attached hydrogens (tertiary/aromatic N) is 2. The van der Waals surface area contributed by atoms with Crippen molar-refractivity contribution in [3.05, 3.63) is 69.7 Å². The number of oxazole rings is 1. The lowest BCUT2D eigenvalue weighted by Crippen LogP contribution is -2.44. The zero-order valence-corrected chi connectivity index (χ0v) is 17.6. The average molecular weight is 428 g/mol. The first-order chi connectivity index (χ1) is 14.6. The molecule has 1 aliphatic rings. The van der Waals surface area contributed by atoms with E-state index in [0.29, 0.717) is 25.0 Å². The Labute approximate surface area is 180 Å². The van der Waals surface area contributed by atoms with E-state index in [9.17, 15) is 9.59 Å². The molecule has 0 bridgehead atoms. The molecule has 0 unspecified atom stereocenters. The van der Waals surface area contributed by atoms with E-state index in [4.69, 9.17) is 16.0 Å². The van der Waals surface area contributed by atoms with Gasteiger partial charge in [-0.05, 0) is 49.1 Å². The Balaban J connectivity index is 1.19. The van der Waals surface area contributed by atoms with Crippen LogP contribution in [0.25, 0.3) is 11.1 Å². The molecule has 2 aromatic carbocycles. The van der Waals surface area contributed by atoms with Crippen molar-refractivity contribution in [3.8, 4) is 0 Å². The van der Waals surface area contributed by atoms with Crippen LogP contribution in [0.2, 0.25) is 5.02 Å². The van der Waals surface area contributed by atoms with Gasteiger partial charge < -0.3 is 9.73 Å². The minimum absolute atomic E-state index is 0.0481. The lowest BCUT2D eigenvalue weighted by Gasteiger charge is -2.32. The summed E-state index contributed by atoms with van der Waals surface area (Å²) in [5.41, 5.74) is 2.61. The first kappa shape index (κ1) is 20.7. The molecule has 1 fully saturated rings. The molecular weight excluding hydrogens is 402 g/mol. The fourth-order valence-corrected chi connectivity index (χ4v) is 4.13. The number of rotatable bonds is 7. The Bertz CT molecular complexity index is 1050. The van der Waals surface area contributed by atoms with Crippen molar-refractivity contribution in [2.75, 3.05) is 13.1 Å². The molecule has 1 amide bonds. The van der Waals surface area contributed by atoms with E-state index in [1.807, 2.05) is 30.3 Å². The summed E-state index contributed by atoms with van der Waals surface area (Å²) in [7, 11) is 0. The zero-order valence-electron chi connectivity index (χ0n) is 16.9. The van der Waals surface area contributed by atoms with Gasteiger partial charge in [0.15, 0.2) is 5.58 Å². The van der Waals surface area contributed by atoms with Crippen LogP contribution in [0.1, 0.15) is 31.2 Å². The Hall–Kier alpha value is -2.57. The van der Waals surface area contributed by atoms with E-state index < -0.39 is 0 Å². The van der Waals surface area contributed by atoms with Crippen LogP contribution < -0.4 is 11.1 Å². The Morgan fingerprint density at radius 2 is 1.83 bits per heavy atom. The molecule has 158 valence electrons. The van der Waals surface area contributed by atoms with Crippen LogP contribution in [-0.2, 0) is 17.9 Å². The second-order valence-corrected chi connectivity index (χ2v) is 8.27. The minimum atomic E-state index is -0.371. The molecule has 1 N–H and O–H groups in total. The summed E-state index contributed by atoms with van der Waals surface area (Å²) in [6.45, 7) is 3.31. The number of nitrogens with one attached hydrogen (secondary N) is 1. The third-order valence-corrected chi connectivity index (χ3v) is 5.88. The monoisotopic (exact) mass is 427 g/mol. The van der Waals surface area contributed by atoms with Crippen molar-refractivity contribution in [1.29, 1.82) is 0 Å². The maximum Gasteiger partial charge on any atom is 0.419 e. The third kappa shape index (κ3) is 5.12. The number of amides is 1. The van der Waals surface area contributed by atoms with Gasteiger partial charge >= 0.3 is 5.76 Å². The van der Waals surface area contributed by atoms with Crippen molar-refractivity contribution < 1.29 is 9.21 Å². The van der Waals surface area contributed by atoms with Gasteiger partial charge in [-0.3, -0.25) is 14.3 Å². The van der Waals surface area contributed by atoms with Crippen LogP contribution in [0, 0.1) is 0 Å². The Morgan fingerprint density at radius 3 is 2.60 bits per heavy atom. The van der Waals surface area contributed by atoms with Crippen LogP contribution in [-0.4, -0.2) is 34.5 Å². The van der Waals surface area contributed by atoms with Crippen LogP contribution in [0.4, 0.5) is 0 Å². The zero-order chi connectivity index (χ0) is 20.9. The highest BCUT2D eigenvalue weighted by molar-refractivity contribution is 6.30. The lowest BCUT2D eigenvalue weighted by molar-refractivity contribution is -0.122. The number of para-hydroxylation sites is 2. The fraction of sp³-hybridized carbons (Fsp3) is 0.391. The van der Waals surface area contributed by atoms with Gasteiger partial charge in [-0.15, -0.1) is 0 Å². The van der Waals surface area contributed by atoms with E-state index in [0.717, 1.165) is 43.0 Å². The number of halogens is 1.